The number of halogens is 2. The number of carbonyl (C=O) groups is 1. The van der Waals surface area contributed by atoms with Crippen LogP contribution in [0, 0.1) is 5.82 Å². The van der Waals surface area contributed by atoms with Gasteiger partial charge in [-0.3, -0.25) is 9.69 Å². The Balaban J connectivity index is 2.02. The van der Waals surface area contributed by atoms with Gasteiger partial charge in [-0.1, -0.05) is 25.4 Å². The number of nitrogens with zero attached hydrogens (tertiary/aromatic N) is 3. The quantitative estimate of drug-likeness (QED) is 0.843. The van der Waals surface area contributed by atoms with E-state index in [1.54, 1.807) is 0 Å². The van der Waals surface area contributed by atoms with Crippen molar-refractivity contribution in [1.82, 2.24) is 9.97 Å². The Bertz CT molecular complexity index is 767. The summed E-state index contributed by atoms with van der Waals surface area (Å²) in [7, 11) is 0. The molecule has 3 rings (SSSR count). The molecule has 2 heterocycles. The van der Waals surface area contributed by atoms with Crippen LogP contribution in [0.5, 0.6) is 5.75 Å². The molecule has 0 fully saturated rings. The van der Waals surface area contributed by atoms with E-state index in [1.807, 2.05) is 13.8 Å². The molecule has 0 aliphatic carbocycles. The maximum atomic E-state index is 13.5. The molecule has 1 amide bonds. The van der Waals surface area contributed by atoms with Crippen molar-refractivity contribution in [3.8, 4) is 5.75 Å². The van der Waals surface area contributed by atoms with Crippen LogP contribution >= 0.6 is 11.6 Å². The van der Waals surface area contributed by atoms with Gasteiger partial charge in [0.1, 0.15) is 24.0 Å². The lowest BCUT2D eigenvalue weighted by Gasteiger charge is -2.29. The van der Waals surface area contributed by atoms with Gasteiger partial charge in [0.25, 0.3) is 5.91 Å². The fourth-order valence-corrected chi connectivity index (χ4v) is 2.51. The number of hydrogen-bond acceptors (Lipinski definition) is 4. The van der Waals surface area contributed by atoms with E-state index in [9.17, 15) is 9.18 Å². The van der Waals surface area contributed by atoms with Crippen molar-refractivity contribution < 1.29 is 13.9 Å². The minimum Gasteiger partial charge on any atom is -0.490 e. The van der Waals surface area contributed by atoms with Gasteiger partial charge in [0.2, 0.25) is 0 Å². The van der Waals surface area contributed by atoms with E-state index >= 15 is 0 Å². The average Bonchev–Trinajstić information content (AvgIpc) is 2.53. The van der Waals surface area contributed by atoms with Crippen LogP contribution in [0.2, 0.25) is 5.02 Å². The highest BCUT2D eigenvalue weighted by Gasteiger charge is 2.28. The van der Waals surface area contributed by atoms with Gasteiger partial charge in [-0.05, 0) is 12.1 Å². The zero-order valence-corrected chi connectivity index (χ0v) is 13.5. The minimum atomic E-state index is -0.441. The standard InChI is InChI=1S/C16H15ClFN3O2/c1-9(2)15-19-8-11(17)14(20-15)16(22)21-5-6-23-13-4-3-10(18)7-12(13)21/h3-4,7-9H,5-6H2,1-2H3. The first-order chi connectivity index (χ1) is 11.0. The topological polar surface area (TPSA) is 55.3 Å². The number of amides is 1. The number of benzene rings is 1. The van der Waals surface area contributed by atoms with Crippen LogP contribution in [-0.4, -0.2) is 29.0 Å². The summed E-state index contributed by atoms with van der Waals surface area (Å²) in [6, 6.07) is 4.07. The maximum absolute atomic E-state index is 13.5. The van der Waals surface area contributed by atoms with Crippen LogP contribution in [0.25, 0.3) is 0 Å². The summed E-state index contributed by atoms with van der Waals surface area (Å²) in [5, 5.41) is 0.170. The summed E-state index contributed by atoms with van der Waals surface area (Å²) in [4.78, 5) is 22.7. The van der Waals surface area contributed by atoms with Gasteiger partial charge >= 0.3 is 0 Å². The number of ether oxygens (including phenoxy) is 1. The van der Waals surface area contributed by atoms with Crippen molar-refractivity contribution in [1.29, 1.82) is 0 Å². The van der Waals surface area contributed by atoms with Gasteiger partial charge in [0, 0.05) is 12.0 Å². The molecule has 0 radical (unpaired) electrons. The molecule has 0 N–H and O–H groups in total. The fourth-order valence-electron chi connectivity index (χ4n) is 2.34. The van der Waals surface area contributed by atoms with Crippen LogP contribution in [0.1, 0.15) is 36.1 Å². The molecule has 0 unspecified atom stereocenters. The van der Waals surface area contributed by atoms with E-state index < -0.39 is 11.7 Å². The molecule has 120 valence electrons. The highest BCUT2D eigenvalue weighted by molar-refractivity contribution is 6.34. The molecule has 0 atom stereocenters. The van der Waals surface area contributed by atoms with Crippen molar-refractivity contribution in [2.75, 3.05) is 18.1 Å². The van der Waals surface area contributed by atoms with E-state index in [0.29, 0.717) is 30.4 Å². The molecule has 1 aliphatic heterocycles. The van der Waals surface area contributed by atoms with Crippen molar-refractivity contribution in [3.05, 3.63) is 46.8 Å². The van der Waals surface area contributed by atoms with Crippen LogP contribution in [-0.2, 0) is 0 Å². The van der Waals surface area contributed by atoms with Gasteiger partial charge in [0.05, 0.1) is 23.5 Å². The Kier molecular flexibility index (Phi) is 4.17. The Morgan fingerprint density at radius 3 is 2.96 bits per heavy atom. The number of fused-ring (bicyclic) bond motifs is 1. The highest BCUT2D eigenvalue weighted by atomic mass is 35.5. The SMILES string of the molecule is CC(C)c1ncc(Cl)c(C(=O)N2CCOc3ccc(F)cc32)n1. The van der Waals surface area contributed by atoms with Gasteiger partial charge in [-0.25, -0.2) is 14.4 Å². The van der Waals surface area contributed by atoms with E-state index in [0.717, 1.165) is 0 Å². The van der Waals surface area contributed by atoms with Crippen LogP contribution in [0.15, 0.2) is 24.4 Å². The molecule has 7 heteroatoms. The zero-order chi connectivity index (χ0) is 16.6. The lowest BCUT2D eigenvalue weighted by Crippen LogP contribution is -2.38. The lowest BCUT2D eigenvalue weighted by atomic mass is 10.2. The number of hydrogen-bond donors (Lipinski definition) is 0. The normalized spacial score (nSPS) is 13.7. The number of carbonyl (C=O) groups excluding carboxylic acids is 1. The molecular formula is C16H15ClFN3O2. The third-order valence-electron chi connectivity index (χ3n) is 3.51. The maximum Gasteiger partial charge on any atom is 0.278 e. The summed E-state index contributed by atoms with van der Waals surface area (Å²) in [5.74, 6) is 0.220. The second-order valence-corrected chi connectivity index (χ2v) is 5.90. The van der Waals surface area contributed by atoms with E-state index in [2.05, 4.69) is 9.97 Å². The molecule has 1 aromatic carbocycles. The summed E-state index contributed by atoms with van der Waals surface area (Å²) in [5.41, 5.74) is 0.490. The van der Waals surface area contributed by atoms with Gasteiger partial charge in [-0.2, -0.15) is 0 Å². The highest BCUT2D eigenvalue weighted by Crippen LogP contribution is 2.33. The summed E-state index contributed by atoms with van der Waals surface area (Å²) >= 11 is 6.10. The molecule has 0 saturated carbocycles. The van der Waals surface area contributed by atoms with Gasteiger partial charge < -0.3 is 4.74 Å². The predicted octanol–water partition coefficient (Wildman–Crippen LogP) is 3.43. The van der Waals surface area contributed by atoms with E-state index in [-0.39, 0.29) is 16.6 Å². The zero-order valence-electron chi connectivity index (χ0n) is 12.7. The van der Waals surface area contributed by atoms with Crippen LogP contribution < -0.4 is 9.64 Å². The van der Waals surface area contributed by atoms with Crippen molar-refractivity contribution in [2.45, 2.75) is 19.8 Å². The van der Waals surface area contributed by atoms with Crippen LogP contribution in [0.4, 0.5) is 10.1 Å². The Labute approximate surface area is 138 Å². The second-order valence-electron chi connectivity index (χ2n) is 5.50. The first-order valence-corrected chi connectivity index (χ1v) is 7.62. The van der Waals surface area contributed by atoms with Crippen molar-refractivity contribution in [2.24, 2.45) is 0 Å². The summed E-state index contributed by atoms with van der Waals surface area (Å²) in [6.07, 6.45) is 1.42. The summed E-state index contributed by atoms with van der Waals surface area (Å²) < 4.78 is 19.0. The van der Waals surface area contributed by atoms with E-state index in [4.69, 9.17) is 16.3 Å². The van der Waals surface area contributed by atoms with Gasteiger partial charge in [-0.15, -0.1) is 0 Å². The Morgan fingerprint density at radius 2 is 2.22 bits per heavy atom. The van der Waals surface area contributed by atoms with E-state index in [1.165, 1.54) is 29.3 Å². The molecule has 1 aromatic heterocycles. The fraction of sp³-hybridized carbons (Fsp3) is 0.312. The molecule has 0 bridgehead atoms. The lowest BCUT2D eigenvalue weighted by molar-refractivity contribution is 0.0971. The van der Waals surface area contributed by atoms with Gasteiger partial charge in [0.15, 0.2) is 5.69 Å². The minimum absolute atomic E-state index is 0.0632. The largest absolute Gasteiger partial charge is 0.490 e. The monoisotopic (exact) mass is 335 g/mol. The third-order valence-corrected chi connectivity index (χ3v) is 3.79. The summed E-state index contributed by atoms with van der Waals surface area (Å²) in [6.45, 7) is 4.48. The molecular weight excluding hydrogens is 321 g/mol. The molecule has 1 aliphatic rings. The molecule has 5 nitrogen and oxygen atoms in total. The molecule has 0 saturated heterocycles. The van der Waals surface area contributed by atoms with Crippen molar-refractivity contribution >= 4 is 23.2 Å². The predicted molar refractivity (Wildman–Crippen MR) is 84.7 cm³/mol. The third kappa shape index (κ3) is 2.99. The molecule has 2 aromatic rings. The first-order valence-electron chi connectivity index (χ1n) is 7.24. The van der Waals surface area contributed by atoms with Crippen LogP contribution in [0.3, 0.4) is 0 Å². The first kappa shape index (κ1) is 15.7. The molecule has 0 spiro atoms. The smallest absolute Gasteiger partial charge is 0.278 e. The Morgan fingerprint density at radius 1 is 1.43 bits per heavy atom. The number of aromatic nitrogens is 2. The second kappa shape index (κ2) is 6.12. The average molecular weight is 336 g/mol. The molecule has 23 heavy (non-hydrogen) atoms. The van der Waals surface area contributed by atoms with Crippen molar-refractivity contribution in [3.63, 3.8) is 0 Å². The number of rotatable bonds is 2. The Hall–Kier alpha value is -2.21. The number of anilines is 1.